The topological polar surface area (TPSA) is 35.6 Å². The van der Waals surface area contributed by atoms with Gasteiger partial charge in [-0.2, -0.15) is 0 Å². The number of aryl methyl sites for hydroxylation is 3. The van der Waals surface area contributed by atoms with Crippen LogP contribution < -0.4 is 10.2 Å². The van der Waals surface area contributed by atoms with E-state index in [1.165, 1.54) is 16.8 Å². The largest absolute Gasteiger partial charge is 0.368 e. The van der Waals surface area contributed by atoms with Crippen molar-refractivity contribution in [3.05, 3.63) is 58.1 Å². The highest BCUT2D eigenvalue weighted by Crippen LogP contribution is 2.24. The lowest BCUT2D eigenvalue weighted by Gasteiger charge is -2.37. The van der Waals surface area contributed by atoms with Gasteiger partial charge in [0.25, 0.3) is 0 Å². The van der Waals surface area contributed by atoms with Gasteiger partial charge in [0.15, 0.2) is 0 Å². The SMILES string of the molecule is Cc1ccc(C)c(N2CCN(C(=O)Nc3cc(Cl)ccc3C)CC2)c1. The Morgan fingerprint density at radius 1 is 0.960 bits per heavy atom. The molecule has 0 radical (unpaired) electrons. The van der Waals surface area contributed by atoms with E-state index in [1.807, 2.05) is 24.0 Å². The van der Waals surface area contributed by atoms with E-state index in [1.54, 1.807) is 6.07 Å². The Labute approximate surface area is 154 Å². The van der Waals surface area contributed by atoms with Crippen molar-refractivity contribution in [2.45, 2.75) is 20.8 Å². The maximum Gasteiger partial charge on any atom is 0.321 e. The first-order chi connectivity index (χ1) is 11.9. The molecule has 0 saturated carbocycles. The number of piperazine rings is 1. The summed E-state index contributed by atoms with van der Waals surface area (Å²) in [4.78, 5) is 16.8. The Kier molecular flexibility index (Phi) is 5.19. The summed E-state index contributed by atoms with van der Waals surface area (Å²) in [5.41, 5.74) is 5.59. The quantitative estimate of drug-likeness (QED) is 0.851. The summed E-state index contributed by atoms with van der Waals surface area (Å²) in [6.07, 6.45) is 0. The van der Waals surface area contributed by atoms with Gasteiger partial charge in [0.05, 0.1) is 0 Å². The molecule has 2 aromatic rings. The molecule has 1 aliphatic heterocycles. The summed E-state index contributed by atoms with van der Waals surface area (Å²) in [6.45, 7) is 9.30. The average Bonchev–Trinajstić information content (AvgIpc) is 2.60. The molecule has 1 aliphatic rings. The first-order valence-electron chi connectivity index (χ1n) is 8.58. The van der Waals surface area contributed by atoms with Gasteiger partial charge in [-0.25, -0.2) is 4.79 Å². The predicted octanol–water partition coefficient (Wildman–Crippen LogP) is 4.62. The zero-order chi connectivity index (χ0) is 18.0. The van der Waals surface area contributed by atoms with Crippen LogP contribution in [0.1, 0.15) is 16.7 Å². The number of nitrogens with one attached hydrogen (secondary N) is 1. The van der Waals surface area contributed by atoms with Crippen LogP contribution in [0, 0.1) is 20.8 Å². The van der Waals surface area contributed by atoms with Crippen LogP contribution in [0.5, 0.6) is 0 Å². The molecule has 0 aromatic heterocycles. The molecule has 1 fully saturated rings. The fraction of sp³-hybridized carbons (Fsp3) is 0.350. The second-order valence-corrected chi connectivity index (χ2v) is 7.09. The molecule has 2 amide bonds. The number of hydrogen-bond acceptors (Lipinski definition) is 2. The van der Waals surface area contributed by atoms with Gasteiger partial charge < -0.3 is 15.1 Å². The van der Waals surface area contributed by atoms with E-state index in [-0.39, 0.29) is 6.03 Å². The van der Waals surface area contributed by atoms with E-state index in [0.717, 1.165) is 24.3 Å². The highest BCUT2D eigenvalue weighted by atomic mass is 35.5. The second-order valence-electron chi connectivity index (χ2n) is 6.65. The van der Waals surface area contributed by atoms with Crippen LogP contribution in [0.3, 0.4) is 0 Å². The number of anilines is 2. The standard InChI is InChI=1S/C20H24ClN3O/c1-14-4-5-16(3)19(12-14)23-8-10-24(11-9-23)20(25)22-18-13-17(21)7-6-15(18)2/h4-7,12-13H,8-11H2,1-3H3,(H,22,25). The second kappa shape index (κ2) is 7.36. The molecule has 1 heterocycles. The van der Waals surface area contributed by atoms with E-state index in [9.17, 15) is 4.79 Å². The summed E-state index contributed by atoms with van der Waals surface area (Å²) in [7, 11) is 0. The number of carbonyl (C=O) groups is 1. The minimum Gasteiger partial charge on any atom is -0.368 e. The fourth-order valence-corrected chi connectivity index (χ4v) is 3.31. The Morgan fingerprint density at radius 2 is 1.64 bits per heavy atom. The van der Waals surface area contributed by atoms with Gasteiger partial charge in [0, 0.05) is 42.6 Å². The zero-order valence-electron chi connectivity index (χ0n) is 15.0. The molecule has 5 heteroatoms. The van der Waals surface area contributed by atoms with Crippen molar-refractivity contribution in [2.24, 2.45) is 0 Å². The third kappa shape index (κ3) is 4.07. The molecule has 0 atom stereocenters. The number of benzene rings is 2. The lowest BCUT2D eigenvalue weighted by Crippen LogP contribution is -2.50. The van der Waals surface area contributed by atoms with Crippen LogP contribution in [0.4, 0.5) is 16.2 Å². The van der Waals surface area contributed by atoms with Gasteiger partial charge in [-0.15, -0.1) is 0 Å². The fourth-order valence-electron chi connectivity index (χ4n) is 3.13. The number of carbonyl (C=O) groups excluding carboxylic acids is 1. The van der Waals surface area contributed by atoms with Gasteiger partial charge in [-0.3, -0.25) is 0 Å². The van der Waals surface area contributed by atoms with Crippen molar-refractivity contribution in [3.63, 3.8) is 0 Å². The molecule has 1 N–H and O–H groups in total. The number of hydrogen-bond donors (Lipinski definition) is 1. The predicted molar refractivity (Wildman–Crippen MR) is 105 cm³/mol. The number of amides is 2. The summed E-state index contributed by atoms with van der Waals surface area (Å²) < 4.78 is 0. The van der Waals surface area contributed by atoms with E-state index < -0.39 is 0 Å². The molecule has 2 aromatic carbocycles. The van der Waals surface area contributed by atoms with Crippen LogP contribution in [-0.2, 0) is 0 Å². The Balaban J connectivity index is 1.63. The van der Waals surface area contributed by atoms with Crippen molar-refractivity contribution in [1.82, 2.24) is 4.90 Å². The lowest BCUT2D eigenvalue weighted by atomic mass is 10.1. The maximum atomic E-state index is 12.5. The van der Waals surface area contributed by atoms with Crippen molar-refractivity contribution >= 4 is 29.0 Å². The summed E-state index contributed by atoms with van der Waals surface area (Å²) in [6, 6.07) is 12.0. The first kappa shape index (κ1) is 17.6. The van der Waals surface area contributed by atoms with Crippen molar-refractivity contribution < 1.29 is 4.79 Å². The van der Waals surface area contributed by atoms with Gasteiger partial charge in [-0.05, 0) is 55.7 Å². The third-order valence-corrected chi connectivity index (χ3v) is 4.95. The minimum atomic E-state index is -0.0639. The normalized spacial score (nSPS) is 14.6. The van der Waals surface area contributed by atoms with Crippen LogP contribution in [-0.4, -0.2) is 37.1 Å². The van der Waals surface area contributed by atoms with Crippen molar-refractivity contribution in [2.75, 3.05) is 36.4 Å². The Hall–Kier alpha value is -2.20. The zero-order valence-corrected chi connectivity index (χ0v) is 15.7. The number of rotatable bonds is 2. The molecule has 0 spiro atoms. The molecular weight excluding hydrogens is 334 g/mol. The minimum absolute atomic E-state index is 0.0639. The first-order valence-corrected chi connectivity index (χ1v) is 8.96. The van der Waals surface area contributed by atoms with Gasteiger partial charge in [0.2, 0.25) is 0 Å². The van der Waals surface area contributed by atoms with Crippen molar-refractivity contribution in [3.8, 4) is 0 Å². The smallest absolute Gasteiger partial charge is 0.321 e. The molecule has 4 nitrogen and oxygen atoms in total. The van der Waals surface area contributed by atoms with Gasteiger partial charge in [-0.1, -0.05) is 29.8 Å². The monoisotopic (exact) mass is 357 g/mol. The summed E-state index contributed by atoms with van der Waals surface area (Å²) >= 11 is 6.03. The molecular formula is C20H24ClN3O. The average molecular weight is 358 g/mol. The molecule has 25 heavy (non-hydrogen) atoms. The highest BCUT2D eigenvalue weighted by Gasteiger charge is 2.22. The molecule has 132 valence electrons. The van der Waals surface area contributed by atoms with Crippen LogP contribution >= 0.6 is 11.6 Å². The van der Waals surface area contributed by atoms with Crippen LogP contribution in [0.25, 0.3) is 0 Å². The van der Waals surface area contributed by atoms with E-state index in [4.69, 9.17) is 11.6 Å². The summed E-state index contributed by atoms with van der Waals surface area (Å²) in [5.74, 6) is 0. The van der Waals surface area contributed by atoms with E-state index in [0.29, 0.717) is 18.1 Å². The van der Waals surface area contributed by atoms with Crippen LogP contribution in [0.2, 0.25) is 5.02 Å². The Morgan fingerprint density at radius 3 is 2.36 bits per heavy atom. The highest BCUT2D eigenvalue weighted by molar-refractivity contribution is 6.31. The molecule has 1 saturated heterocycles. The van der Waals surface area contributed by atoms with E-state index in [2.05, 4.69) is 42.3 Å². The third-order valence-electron chi connectivity index (χ3n) is 4.71. The van der Waals surface area contributed by atoms with Crippen molar-refractivity contribution in [1.29, 1.82) is 0 Å². The number of urea groups is 1. The molecule has 0 unspecified atom stereocenters. The Bertz CT molecular complexity index is 783. The lowest BCUT2D eigenvalue weighted by molar-refractivity contribution is 0.208. The number of nitrogens with zero attached hydrogens (tertiary/aromatic N) is 2. The van der Waals surface area contributed by atoms with Gasteiger partial charge >= 0.3 is 6.03 Å². The van der Waals surface area contributed by atoms with Gasteiger partial charge in [0.1, 0.15) is 0 Å². The molecule has 0 bridgehead atoms. The van der Waals surface area contributed by atoms with E-state index >= 15 is 0 Å². The molecule has 0 aliphatic carbocycles. The maximum absolute atomic E-state index is 12.5. The molecule has 3 rings (SSSR count). The summed E-state index contributed by atoms with van der Waals surface area (Å²) in [5, 5.41) is 3.61. The number of halogens is 1. The van der Waals surface area contributed by atoms with Crippen LogP contribution in [0.15, 0.2) is 36.4 Å².